The van der Waals surface area contributed by atoms with E-state index < -0.39 is 4.92 Å². The molecule has 0 spiro atoms. The Hall–Kier alpha value is -1.62. The van der Waals surface area contributed by atoms with Gasteiger partial charge in [-0.25, -0.2) is 0 Å². The van der Waals surface area contributed by atoms with Crippen molar-refractivity contribution < 1.29 is 14.5 Å². The fraction of sp³-hybridized carbons (Fsp3) is 0.125. The highest BCUT2D eigenvalue weighted by molar-refractivity contribution is 6.33. The quantitative estimate of drug-likeness (QED) is 0.440. The Bertz CT molecular complexity index is 391. The van der Waals surface area contributed by atoms with Gasteiger partial charge >= 0.3 is 0 Å². The van der Waals surface area contributed by atoms with Crippen molar-refractivity contribution in [3.8, 4) is 5.75 Å². The number of hydrogen-bond donors (Lipinski definition) is 0. The Morgan fingerprint density at radius 1 is 1.57 bits per heavy atom. The second-order valence-corrected chi connectivity index (χ2v) is 2.83. The fourth-order valence-electron chi connectivity index (χ4n) is 0.969. The average Bonchev–Trinajstić information content (AvgIpc) is 2.16. The van der Waals surface area contributed by atoms with Gasteiger partial charge in [0.2, 0.25) is 0 Å². The molecule has 1 aromatic carbocycles. The van der Waals surface area contributed by atoms with Crippen LogP contribution in [0.3, 0.4) is 0 Å². The molecule has 0 heterocycles. The summed E-state index contributed by atoms with van der Waals surface area (Å²) < 4.78 is 4.81. The summed E-state index contributed by atoms with van der Waals surface area (Å²) in [6.45, 7) is 0. The third-order valence-electron chi connectivity index (χ3n) is 1.62. The monoisotopic (exact) mass is 215 g/mol. The lowest BCUT2D eigenvalue weighted by molar-refractivity contribution is -0.384. The number of ether oxygens (including phenoxy) is 1. The fourth-order valence-corrected chi connectivity index (χ4v) is 1.19. The zero-order chi connectivity index (χ0) is 10.7. The number of hydrogen-bond acceptors (Lipinski definition) is 4. The molecule has 74 valence electrons. The Morgan fingerprint density at radius 2 is 2.21 bits per heavy atom. The van der Waals surface area contributed by atoms with Crippen molar-refractivity contribution >= 4 is 23.6 Å². The van der Waals surface area contributed by atoms with Gasteiger partial charge in [0.25, 0.3) is 5.69 Å². The van der Waals surface area contributed by atoms with Crippen LogP contribution in [0.5, 0.6) is 5.75 Å². The van der Waals surface area contributed by atoms with E-state index in [4.69, 9.17) is 16.3 Å². The first-order chi connectivity index (χ1) is 6.60. The van der Waals surface area contributed by atoms with E-state index in [-0.39, 0.29) is 22.0 Å². The zero-order valence-corrected chi connectivity index (χ0v) is 7.95. The molecule has 0 aliphatic rings. The summed E-state index contributed by atoms with van der Waals surface area (Å²) in [5.74, 6) is 0.218. The molecular formula is C8H6ClNO4. The molecular weight excluding hydrogens is 210 g/mol. The highest BCUT2D eigenvalue weighted by atomic mass is 35.5. The predicted molar refractivity (Wildman–Crippen MR) is 50.0 cm³/mol. The largest absolute Gasteiger partial charge is 0.496 e. The Balaban J connectivity index is 3.37. The number of carbonyl (C=O) groups is 1. The molecule has 0 aliphatic heterocycles. The van der Waals surface area contributed by atoms with Gasteiger partial charge in [0.15, 0.2) is 6.29 Å². The maximum Gasteiger partial charge on any atom is 0.288 e. The lowest BCUT2D eigenvalue weighted by Gasteiger charge is -2.03. The summed E-state index contributed by atoms with van der Waals surface area (Å²) in [4.78, 5) is 20.3. The Morgan fingerprint density at radius 3 is 2.64 bits per heavy atom. The van der Waals surface area contributed by atoms with Gasteiger partial charge in [-0.15, -0.1) is 0 Å². The van der Waals surface area contributed by atoms with Crippen molar-refractivity contribution in [2.75, 3.05) is 7.11 Å². The molecule has 0 saturated heterocycles. The van der Waals surface area contributed by atoms with Crippen molar-refractivity contribution in [3.63, 3.8) is 0 Å². The smallest absolute Gasteiger partial charge is 0.288 e. The molecule has 14 heavy (non-hydrogen) atoms. The van der Waals surface area contributed by atoms with Crippen LogP contribution in [0.1, 0.15) is 10.4 Å². The van der Waals surface area contributed by atoms with E-state index in [1.54, 1.807) is 0 Å². The van der Waals surface area contributed by atoms with Crippen LogP contribution in [0.25, 0.3) is 0 Å². The van der Waals surface area contributed by atoms with Crippen LogP contribution in [-0.2, 0) is 0 Å². The van der Waals surface area contributed by atoms with Crippen LogP contribution >= 0.6 is 11.6 Å². The van der Waals surface area contributed by atoms with Gasteiger partial charge in [-0.05, 0) is 0 Å². The summed E-state index contributed by atoms with van der Waals surface area (Å²) in [7, 11) is 1.35. The molecule has 0 unspecified atom stereocenters. The van der Waals surface area contributed by atoms with Crippen molar-refractivity contribution in [1.82, 2.24) is 0 Å². The number of nitro groups is 1. The molecule has 1 aromatic rings. The molecule has 0 saturated carbocycles. The van der Waals surface area contributed by atoms with E-state index in [0.29, 0.717) is 6.29 Å². The summed E-state index contributed by atoms with van der Waals surface area (Å²) in [5.41, 5.74) is -0.210. The number of carbonyl (C=O) groups excluding carboxylic acids is 1. The topological polar surface area (TPSA) is 69.4 Å². The maximum absolute atomic E-state index is 10.5. The molecule has 0 fully saturated rings. The third-order valence-corrected chi connectivity index (χ3v) is 1.93. The van der Waals surface area contributed by atoms with Crippen LogP contribution in [0.15, 0.2) is 12.1 Å². The van der Waals surface area contributed by atoms with E-state index in [1.807, 2.05) is 0 Å². The summed E-state index contributed by atoms with van der Waals surface area (Å²) in [6.07, 6.45) is 0.474. The molecule has 0 atom stereocenters. The van der Waals surface area contributed by atoms with Gasteiger partial charge in [-0.2, -0.15) is 0 Å². The normalized spacial score (nSPS) is 9.57. The van der Waals surface area contributed by atoms with Crippen LogP contribution in [0.2, 0.25) is 5.02 Å². The van der Waals surface area contributed by atoms with Gasteiger partial charge < -0.3 is 4.74 Å². The summed E-state index contributed by atoms with van der Waals surface area (Å²) >= 11 is 5.59. The van der Waals surface area contributed by atoms with Crippen LogP contribution in [0.4, 0.5) is 5.69 Å². The number of nitrogens with zero attached hydrogens (tertiary/aromatic N) is 1. The lowest BCUT2D eigenvalue weighted by atomic mass is 10.2. The minimum absolute atomic E-state index is 0.0579. The second-order valence-electron chi connectivity index (χ2n) is 2.42. The SMILES string of the molecule is COc1cc(Cl)c([N+](=O)[O-])cc1C=O. The van der Waals surface area contributed by atoms with Gasteiger partial charge in [0.1, 0.15) is 10.8 Å². The van der Waals surface area contributed by atoms with Crippen molar-refractivity contribution in [3.05, 3.63) is 32.8 Å². The number of benzene rings is 1. The van der Waals surface area contributed by atoms with Crippen molar-refractivity contribution in [1.29, 1.82) is 0 Å². The number of aldehydes is 1. The Labute approximate surface area is 84.4 Å². The van der Waals surface area contributed by atoms with Crippen molar-refractivity contribution in [2.24, 2.45) is 0 Å². The number of halogens is 1. The second kappa shape index (κ2) is 4.06. The van der Waals surface area contributed by atoms with E-state index in [2.05, 4.69) is 0 Å². The molecule has 0 aromatic heterocycles. The van der Waals surface area contributed by atoms with E-state index >= 15 is 0 Å². The van der Waals surface area contributed by atoms with E-state index in [1.165, 1.54) is 13.2 Å². The summed E-state index contributed by atoms with van der Waals surface area (Å²) in [6, 6.07) is 2.32. The average molecular weight is 216 g/mol. The highest BCUT2D eigenvalue weighted by Gasteiger charge is 2.16. The molecule has 0 amide bonds. The van der Waals surface area contributed by atoms with Crippen molar-refractivity contribution in [2.45, 2.75) is 0 Å². The van der Waals surface area contributed by atoms with Crippen LogP contribution in [0, 0.1) is 10.1 Å². The Kier molecular flexibility index (Phi) is 3.03. The zero-order valence-electron chi connectivity index (χ0n) is 7.19. The van der Waals surface area contributed by atoms with E-state index in [0.717, 1.165) is 6.07 Å². The minimum atomic E-state index is -0.658. The third kappa shape index (κ3) is 1.82. The number of rotatable bonds is 3. The van der Waals surface area contributed by atoms with Gasteiger partial charge in [-0.1, -0.05) is 11.6 Å². The molecule has 0 aliphatic carbocycles. The van der Waals surface area contributed by atoms with E-state index in [9.17, 15) is 14.9 Å². The molecule has 5 nitrogen and oxygen atoms in total. The summed E-state index contributed by atoms with van der Waals surface area (Å²) in [5, 5.41) is 10.4. The molecule has 0 radical (unpaired) electrons. The number of nitro benzene ring substituents is 1. The molecule has 1 rings (SSSR count). The van der Waals surface area contributed by atoms with Gasteiger partial charge in [0.05, 0.1) is 17.6 Å². The van der Waals surface area contributed by atoms with Gasteiger partial charge in [-0.3, -0.25) is 14.9 Å². The van der Waals surface area contributed by atoms with Gasteiger partial charge in [0, 0.05) is 12.1 Å². The first kappa shape index (κ1) is 10.5. The maximum atomic E-state index is 10.5. The lowest BCUT2D eigenvalue weighted by Crippen LogP contribution is -1.95. The highest BCUT2D eigenvalue weighted by Crippen LogP contribution is 2.31. The minimum Gasteiger partial charge on any atom is -0.496 e. The van der Waals surface area contributed by atoms with Crippen LogP contribution in [-0.4, -0.2) is 18.3 Å². The molecule has 6 heteroatoms. The number of methoxy groups -OCH3 is 1. The predicted octanol–water partition coefficient (Wildman–Crippen LogP) is 2.07. The first-order valence-corrected chi connectivity index (χ1v) is 3.95. The standard InChI is InChI=1S/C8H6ClNO4/c1-14-8-3-6(9)7(10(12)13)2-5(8)4-11/h2-4H,1H3. The van der Waals surface area contributed by atoms with Crippen LogP contribution < -0.4 is 4.74 Å². The molecule has 0 bridgehead atoms. The first-order valence-electron chi connectivity index (χ1n) is 3.57. The molecule has 0 N–H and O–H groups in total.